The lowest BCUT2D eigenvalue weighted by atomic mass is 9.99. The third kappa shape index (κ3) is 5.79. The molecule has 2 fully saturated rings. The molecule has 0 bridgehead atoms. The minimum Gasteiger partial charge on any atom is -0.508 e. The Labute approximate surface area is 241 Å². The number of rotatable bonds is 7. The first-order chi connectivity index (χ1) is 20.4. The summed E-state index contributed by atoms with van der Waals surface area (Å²) < 4.78 is 32.9. The Bertz CT molecular complexity index is 1520. The summed E-state index contributed by atoms with van der Waals surface area (Å²) in [7, 11) is 1.28. The van der Waals surface area contributed by atoms with Crippen LogP contribution in [0.4, 0.5) is 0 Å². The summed E-state index contributed by atoms with van der Waals surface area (Å²) in [6, 6.07) is 5.83. The molecular formula is C27H30O16. The van der Waals surface area contributed by atoms with Gasteiger partial charge in [0.2, 0.25) is 17.5 Å². The molecule has 0 radical (unpaired) electrons. The predicted molar refractivity (Wildman–Crippen MR) is 140 cm³/mol. The zero-order chi connectivity index (χ0) is 31.2. The minimum absolute atomic E-state index is 0.0144. The summed E-state index contributed by atoms with van der Waals surface area (Å²) in [6.45, 7) is -0.943. The predicted octanol–water partition coefficient (Wildman–Crippen LogP) is -1.77. The van der Waals surface area contributed by atoms with Gasteiger partial charge in [0.05, 0.1) is 20.3 Å². The molecule has 16 heteroatoms. The first-order valence-electron chi connectivity index (χ1n) is 12.9. The molecule has 9 atom stereocenters. The Morgan fingerprint density at radius 1 is 0.860 bits per heavy atom. The molecule has 2 saturated heterocycles. The van der Waals surface area contributed by atoms with E-state index in [4.69, 9.17) is 28.1 Å². The maximum absolute atomic E-state index is 13.6. The van der Waals surface area contributed by atoms with Crippen LogP contribution in [0.5, 0.6) is 28.7 Å². The van der Waals surface area contributed by atoms with Crippen molar-refractivity contribution in [1.82, 2.24) is 0 Å². The lowest BCUT2D eigenvalue weighted by Crippen LogP contribution is -2.61. The summed E-state index contributed by atoms with van der Waals surface area (Å²) >= 11 is 0. The molecule has 234 valence electrons. The molecular weight excluding hydrogens is 580 g/mol. The van der Waals surface area contributed by atoms with Crippen molar-refractivity contribution in [2.45, 2.75) is 55.3 Å². The van der Waals surface area contributed by atoms with Crippen molar-refractivity contribution in [3.05, 3.63) is 40.6 Å². The second-order valence-electron chi connectivity index (χ2n) is 10.0. The highest BCUT2D eigenvalue weighted by atomic mass is 16.7. The molecule has 0 amide bonds. The Kier molecular flexibility index (Phi) is 8.66. The van der Waals surface area contributed by atoms with Gasteiger partial charge >= 0.3 is 0 Å². The standard InChI is InChI=1S/C27H30O16/c1-38-14-4-9(2-3-11(14)29)24-25(20(34)17-12(30)5-10(28)6-15(17)41-24)43-27-23(37)21(35)19(33)16(42-27)8-40-26-22(36)18(32)13(31)7-39-26/h2-6,13,16,18-19,21-23,26-33,35-37H,7-8H2,1H3/t13-,16+,18-,19+,21-,22+,23+,26-,27-/m0/s1. The van der Waals surface area contributed by atoms with Crippen molar-refractivity contribution in [2.75, 3.05) is 20.3 Å². The van der Waals surface area contributed by atoms with Gasteiger partial charge in [-0.3, -0.25) is 4.79 Å². The number of benzene rings is 2. The lowest BCUT2D eigenvalue weighted by Gasteiger charge is -2.41. The van der Waals surface area contributed by atoms with Crippen molar-refractivity contribution in [3.8, 4) is 40.1 Å². The third-order valence-electron chi connectivity index (χ3n) is 7.14. The van der Waals surface area contributed by atoms with E-state index in [0.717, 1.165) is 12.1 Å². The van der Waals surface area contributed by atoms with E-state index in [1.54, 1.807) is 0 Å². The van der Waals surface area contributed by atoms with Gasteiger partial charge in [0.25, 0.3) is 0 Å². The third-order valence-corrected chi connectivity index (χ3v) is 7.14. The van der Waals surface area contributed by atoms with Crippen LogP contribution in [0.15, 0.2) is 39.5 Å². The highest BCUT2D eigenvalue weighted by molar-refractivity contribution is 5.88. The first-order valence-corrected chi connectivity index (χ1v) is 12.9. The van der Waals surface area contributed by atoms with E-state index < -0.39 is 90.0 Å². The van der Waals surface area contributed by atoms with Crippen LogP contribution in [-0.4, -0.2) is 122 Å². The van der Waals surface area contributed by atoms with Gasteiger partial charge in [-0.1, -0.05) is 0 Å². The average molecular weight is 611 g/mol. The van der Waals surface area contributed by atoms with Gasteiger partial charge in [-0.2, -0.15) is 0 Å². The molecule has 3 heterocycles. The number of ether oxygens (including phenoxy) is 5. The molecule has 5 rings (SSSR count). The Morgan fingerprint density at radius 2 is 1.58 bits per heavy atom. The van der Waals surface area contributed by atoms with Crippen molar-refractivity contribution < 1.29 is 74.1 Å². The van der Waals surface area contributed by atoms with E-state index in [9.17, 15) is 50.8 Å². The highest BCUT2D eigenvalue weighted by Crippen LogP contribution is 2.39. The van der Waals surface area contributed by atoms with E-state index in [1.807, 2.05) is 0 Å². The Balaban J connectivity index is 1.49. The van der Waals surface area contributed by atoms with Crippen LogP contribution >= 0.6 is 0 Å². The maximum Gasteiger partial charge on any atom is 0.239 e. The first kappa shape index (κ1) is 30.7. The lowest BCUT2D eigenvalue weighted by molar-refractivity contribution is -0.307. The average Bonchev–Trinajstić information content (AvgIpc) is 2.97. The quantitative estimate of drug-likeness (QED) is 0.143. The number of aliphatic hydroxyl groups is 6. The van der Waals surface area contributed by atoms with Crippen molar-refractivity contribution >= 4 is 11.0 Å². The summed E-state index contributed by atoms with van der Waals surface area (Å²) in [5.74, 6) is -2.27. The van der Waals surface area contributed by atoms with Crippen LogP contribution < -0.4 is 14.9 Å². The van der Waals surface area contributed by atoms with Gasteiger partial charge in [-0.25, -0.2) is 0 Å². The fourth-order valence-electron chi connectivity index (χ4n) is 4.77. The van der Waals surface area contributed by atoms with Crippen LogP contribution in [0.2, 0.25) is 0 Å². The SMILES string of the molecule is COc1cc(-c2oc3cc(O)cc(O)c3c(=O)c2O[C@@H]2O[C@H](CO[C@@H]3OC[C@H](O)[C@H](O)[C@H]3O)[C@@H](O)[C@H](O)[C@H]2O)ccc1O. The zero-order valence-electron chi connectivity index (χ0n) is 22.4. The second kappa shape index (κ2) is 12.1. The molecule has 0 aliphatic carbocycles. The molecule has 3 aromatic rings. The van der Waals surface area contributed by atoms with E-state index >= 15 is 0 Å². The number of hydrogen-bond acceptors (Lipinski definition) is 16. The number of methoxy groups -OCH3 is 1. The molecule has 0 saturated carbocycles. The van der Waals surface area contributed by atoms with Crippen LogP contribution in [0.25, 0.3) is 22.3 Å². The molecule has 43 heavy (non-hydrogen) atoms. The smallest absolute Gasteiger partial charge is 0.239 e. The summed E-state index contributed by atoms with van der Waals surface area (Å²) in [4.78, 5) is 13.6. The largest absolute Gasteiger partial charge is 0.508 e. The van der Waals surface area contributed by atoms with Gasteiger partial charge < -0.3 is 74.1 Å². The summed E-state index contributed by atoms with van der Waals surface area (Å²) in [6.07, 6.45) is -14.9. The van der Waals surface area contributed by atoms with Gasteiger partial charge in [0, 0.05) is 17.7 Å². The van der Waals surface area contributed by atoms with Crippen LogP contribution in [-0.2, 0) is 14.2 Å². The van der Waals surface area contributed by atoms with E-state index in [0.29, 0.717) is 0 Å². The molecule has 2 aliphatic rings. The summed E-state index contributed by atoms with van der Waals surface area (Å²) in [5.41, 5.74) is -1.11. The monoisotopic (exact) mass is 610 g/mol. The molecule has 2 aliphatic heterocycles. The van der Waals surface area contributed by atoms with Crippen LogP contribution in [0.1, 0.15) is 0 Å². The van der Waals surface area contributed by atoms with Gasteiger partial charge in [-0.15, -0.1) is 0 Å². The Morgan fingerprint density at radius 3 is 2.30 bits per heavy atom. The van der Waals surface area contributed by atoms with Gasteiger partial charge in [0.1, 0.15) is 65.2 Å². The number of aliphatic hydroxyl groups excluding tert-OH is 6. The maximum atomic E-state index is 13.6. The molecule has 16 nitrogen and oxygen atoms in total. The number of phenolic OH excluding ortho intramolecular Hbond substituents is 3. The fourth-order valence-corrected chi connectivity index (χ4v) is 4.77. The Hall–Kier alpha value is -3.71. The molecule has 1 aromatic heterocycles. The molecule has 9 N–H and O–H groups in total. The molecule has 0 unspecified atom stereocenters. The van der Waals surface area contributed by atoms with E-state index in [2.05, 4.69) is 0 Å². The summed E-state index contributed by atoms with van der Waals surface area (Å²) in [5, 5.41) is 91.3. The highest BCUT2D eigenvalue weighted by Gasteiger charge is 2.47. The van der Waals surface area contributed by atoms with E-state index in [1.165, 1.54) is 25.3 Å². The number of phenols is 3. The van der Waals surface area contributed by atoms with E-state index in [-0.39, 0.29) is 35.0 Å². The van der Waals surface area contributed by atoms with Crippen LogP contribution in [0, 0.1) is 0 Å². The van der Waals surface area contributed by atoms with Crippen LogP contribution in [0.3, 0.4) is 0 Å². The number of hydrogen-bond donors (Lipinski definition) is 9. The zero-order valence-corrected chi connectivity index (χ0v) is 22.4. The van der Waals surface area contributed by atoms with Gasteiger partial charge in [0.15, 0.2) is 23.5 Å². The second-order valence-corrected chi connectivity index (χ2v) is 10.0. The topological polar surface area (TPSA) is 258 Å². The fraction of sp³-hybridized carbons (Fsp3) is 0.444. The van der Waals surface area contributed by atoms with Crippen molar-refractivity contribution in [1.29, 1.82) is 0 Å². The normalized spacial score (nSPS) is 31.2. The number of aromatic hydroxyl groups is 3. The van der Waals surface area contributed by atoms with Gasteiger partial charge in [-0.05, 0) is 18.2 Å². The minimum atomic E-state index is -1.94. The van der Waals surface area contributed by atoms with Crippen molar-refractivity contribution in [3.63, 3.8) is 0 Å². The van der Waals surface area contributed by atoms with Crippen molar-refractivity contribution in [2.24, 2.45) is 0 Å². The molecule has 0 spiro atoms. The number of fused-ring (bicyclic) bond motifs is 1. The molecule has 2 aromatic carbocycles.